The molecule has 2 N–H and O–H groups in total. The van der Waals surface area contributed by atoms with E-state index in [-0.39, 0.29) is 11.0 Å². The Hall–Kier alpha value is -2.93. The maximum absolute atomic E-state index is 12.5. The van der Waals surface area contributed by atoms with Crippen molar-refractivity contribution in [2.75, 3.05) is 12.4 Å². The fraction of sp³-hybridized carbons (Fsp3) is 0.250. The summed E-state index contributed by atoms with van der Waals surface area (Å²) in [6, 6.07) is 10.00. The molecule has 27 heavy (non-hydrogen) atoms. The van der Waals surface area contributed by atoms with Gasteiger partial charge in [-0.1, -0.05) is 44.2 Å². The summed E-state index contributed by atoms with van der Waals surface area (Å²) < 4.78 is 7.75. The van der Waals surface area contributed by atoms with Gasteiger partial charge in [0, 0.05) is 21.9 Å². The topological polar surface area (TPSA) is 83.0 Å². The van der Waals surface area contributed by atoms with E-state index in [1.54, 1.807) is 0 Å². The van der Waals surface area contributed by atoms with E-state index in [1.807, 2.05) is 30.3 Å². The summed E-state index contributed by atoms with van der Waals surface area (Å²) in [5.41, 5.74) is 3.28. The van der Waals surface area contributed by atoms with Crippen molar-refractivity contribution < 1.29 is 4.74 Å². The predicted octanol–water partition coefficient (Wildman–Crippen LogP) is 3.35. The lowest BCUT2D eigenvalue weighted by atomic mass is 9.83. The zero-order valence-corrected chi connectivity index (χ0v) is 15.8. The first-order valence-corrected chi connectivity index (χ1v) is 9.56. The second-order valence-corrected chi connectivity index (χ2v) is 8.68. The molecule has 1 aliphatic heterocycles. The first-order valence-electron chi connectivity index (χ1n) is 8.75. The quantitative estimate of drug-likeness (QED) is 0.514. The number of pyridine rings is 1. The first kappa shape index (κ1) is 16.3. The Labute approximate surface area is 159 Å². The third kappa shape index (κ3) is 2.42. The van der Waals surface area contributed by atoms with Crippen LogP contribution in [0.4, 0.5) is 0 Å². The van der Waals surface area contributed by atoms with Crippen LogP contribution in [0.5, 0.6) is 5.75 Å². The van der Waals surface area contributed by atoms with Crippen LogP contribution in [0.1, 0.15) is 19.4 Å². The summed E-state index contributed by atoms with van der Waals surface area (Å²) in [6.07, 6.45) is 2.20. The van der Waals surface area contributed by atoms with Crippen molar-refractivity contribution in [2.45, 2.75) is 20.3 Å². The number of nitrogen functional groups attached to an aromatic ring is 1. The molecule has 5 rings (SSSR count). The van der Waals surface area contributed by atoms with Crippen LogP contribution in [0.15, 0.2) is 41.5 Å². The fourth-order valence-corrected chi connectivity index (χ4v) is 4.74. The van der Waals surface area contributed by atoms with Crippen molar-refractivity contribution in [1.82, 2.24) is 14.6 Å². The van der Waals surface area contributed by atoms with Crippen molar-refractivity contribution in [1.29, 1.82) is 0 Å². The molecule has 0 bridgehead atoms. The lowest BCUT2D eigenvalue weighted by molar-refractivity contribution is 0.156. The van der Waals surface area contributed by atoms with Gasteiger partial charge in [0.1, 0.15) is 27.3 Å². The van der Waals surface area contributed by atoms with E-state index in [0.29, 0.717) is 16.8 Å². The molecule has 0 aliphatic carbocycles. The van der Waals surface area contributed by atoms with Crippen LogP contribution < -0.4 is 16.1 Å². The molecule has 4 aromatic rings. The van der Waals surface area contributed by atoms with Gasteiger partial charge in [-0.3, -0.25) is 4.79 Å². The Morgan fingerprint density at radius 2 is 2.04 bits per heavy atom. The number of benzene rings is 1. The zero-order valence-electron chi connectivity index (χ0n) is 15.0. The largest absolute Gasteiger partial charge is 0.490 e. The number of rotatable bonds is 1. The molecule has 6 nitrogen and oxygen atoms in total. The van der Waals surface area contributed by atoms with Gasteiger partial charge in [0.05, 0.1) is 12.1 Å². The number of ether oxygens (including phenoxy) is 1. The molecule has 0 atom stereocenters. The molecule has 0 unspecified atom stereocenters. The molecule has 0 saturated carbocycles. The SMILES string of the molecule is CC1(C)COc2c(-c3ccccc3)nc3sc4c(=O)n(N)cnc4c3c2C1. The smallest absolute Gasteiger partial charge is 0.289 e. The third-order valence-corrected chi connectivity index (χ3v) is 5.98. The van der Waals surface area contributed by atoms with Gasteiger partial charge in [-0.15, -0.1) is 11.3 Å². The van der Waals surface area contributed by atoms with Gasteiger partial charge in [0.25, 0.3) is 5.56 Å². The highest BCUT2D eigenvalue weighted by atomic mass is 32.1. The molecule has 1 aliphatic rings. The van der Waals surface area contributed by atoms with Crippen LogP contribution in [0.3, 0.4) is 0 Å². The molecular weight excluding hydrogens is 360 g/mol. The van der Waals surface area contributed by atoms with Crippen LogP contribution in [-0.4, -0.2) is 21.3 Å². The van der Waals surface area contributed by atoms with E-state index in [4.69, 9.17) is 15.6 Å². The minimum Gasteiger partial charge on any atom is -0.490 e. The second-order valence-electron chi connectivity index (χ2n) is 7.68. The van der Waals surface area contributed by atoms with Crippen molar-refractivity contribution in [3.63, 3.8) is 0 Å². The summed E-state index contributed by atoms with van der Waals surface area (Å²) in [7, 11) is 0. The minimum absolute atomic E-state index is 0.00759. The normalized spacial score (nSPS) is 15.6. The number of nitrogens with two attached hydrogens (primary N) is 1. The predicted molar refractivity (Wildman–Crippen MR) is 108 cm³/mol. The van der Waals surface area contributed by atoms with Crippen molar-refractivity contribution in [2.24, 2.45) is 5.41 Å². The van der Waals surface area contributed by atoms with E-state index < -0.39 is 0 Å². The molecule has 3 aromatic heterocycles. The highest BCUT2D eigenvalue weighted by molar-refractivity contribution is 7.25. The number of hydrogen-bond acceptors (Lipinski definition) is 6. The van der Waals surface area contributed by atoms with Gasteiger partial charge in [-0.05, 0) is 6.42 Å². The molecular formula is C20H18N4O2S. The summed E-state index contributed by atoms with van der Waals surface area (Å²) in [4.78, 5) is 22.6. The number of hydrogen-bond donors (Lipinski definition) is 1. The third-order valence-electron chi connectivity index (χ3n) is 4.92. The molecule has 0 spiro atoms. The van der Waals surface area contributed by atoms with Crippen LogP contribution in [0.25, 0.3) is 31.7 Å². The Kier molecular flexibility index (Phi) is 3.33. The van der Waals surface area contributed by atoms with Crippen LogP contribution in [0.2, 0.25) is 0 Å². The minimum atomic E-state index is -0.256. The van der Waals surface area contributed by atoms with E-state index in [0.717, 1.165) is 43.9 Å². The van der Waals surface area contributed by atoms with Gasteiger partial charge in [0.15, 0.2) is 0 Å². The lowest BCUT2D eigenvalue weighted by Crippen LogP contribution is -2.29. The average molecular weight is 378 g/mol. The van der Waals surface area contributed by atoms with Gasteiger partial charge < -0.3 is 10.6 Å². The van der Waals surface area contributed by atoms with Crippen LogP contribution in [-0.2, 0) is 6.42 Å². The fourth-order valence-electron chi connectivity index (χ4n) is 3.64. The molecule has 1 aromatic carbocycles. The van der Waals surface area contributed by atoms with Gasteiger partial charge in [-0.2, -0.15) is 0 Å². The van der Waals surface area contributed by atoms with Crippen molar-refractivity contribution in [3.8, 4) is 17.0 Å². The van der Waals surface area contributed by atoms with Gasteiger partial charge >= 0.3 is 0 Å². The number of thiophene rings is 1. The molecule has 0 fully saturated rings. The molecule has 0 saturated heterocycles. The Balaban J connectivity index is 1.93. The van der Waals surface area contributed by atoms with E-state index >= 15 is 0 Å². The Bertz CT molecular complexity index is 1260. The first-order chi connectivity index (χ1) is 12.9. The van der Waals surface area contributed by atoms with Crippen LogP contribution >= 0.6 is 11.3 Å². The molecule has 0 amide bonds. The number of fused-ring (bicyclic) bond motifs is 5. The summed E-state index contributed by atoms with van der Waals surface area (Å²) >= 11 is 1.34. The Morgan fingerprint density at radius 1 is 1.26 bits per heavy atom. The molecule has 136 valence electrons. The maximum Gasteiger partial charge on any atom is 0.289 e. The standard InChI is InChI=1S/C20H18N4O2S/c1-20(2)8-12-13-15-17(19(25)24(21)10-22-15)27-18(13)23-14(16(12)26-9-20)11-6-4-3-5-7-11/h3-7,10H,8-9,21H2,1-2H3. The maximum atomic E-state index is 12.5. The molecule has 4 heterocycles. The average Bonchev–Trinajstić information content (AvgIpc) is 3.03. The molecule has 0 radical (unpaired) electrons. The van der Waals surface area contributed by atoms with Crippen molar-refractivity contribution in [3.05, 3.63) is 52.6 Å². The summed E-state index contributed by atoms with van der Waals surface area (Å²) in [5, 5.41) is 0.912. The van der Waals surface area contributed by atoms with E-state index in [2.05, 4.69) is 18.8 Å². The van der Waals surface area contributed by atoms with E-state index in [9.17, 15) is 4.79 Å². The number of aromatic nitrogens is 3. The summed E-state index contributed by atoms with van der Waals surface area (Å²) in [6.45, 7) is 4.98. The summed E-state index contributed by atoms with van der Waals surface area (Å²) in [5.74, 6) is 6.51. The van der Waals surface area contributed by atoms with Crippen molar-refractivity contribution >= 4 is 31.8 Å². The van der Waals surface area contributed by atoms with Crippen LogP contribution in [0, 0.1) is 5.41 Å². The second kappa shape index (κ2) is 5.53. The zero-order chi connectivity index (χ0) is 18.8. The highest BCUT2D eigenvalue weighted by Gasteiger charge is 2.32. The van der Waals surface area contributed by atoms with Gasteiger partial charge in [-0.25, -0.2) is 14.6 Å². The lowest BCUT2D eigenvalue weighted by Gasteiger charge is -2.32. The van der Waals surface area contributed by atoms with Gasteiger partial charge in [0.2, 0.25) is 0 Å². The van der Waals surface area contributed by atoms with E-state index in [1.165, 1.54) is 17.7 Å². The Morgan fingerprint density at radius 3 is 2.81 bits per heavy atom. The highest BCUT2D eigenvalue weighted by Crippen LogP contribution is 2.46. The molecule has 7 heteroatoms. The monoisotopic (exact) mass is 378 g/mol. The number of nitrogens with zero attached hydrogens (tertiary/aromatic N) is 3.